The van der Waals surface area contributed by atoms with E-state index in [4.69, 9.17) is 10.5 Å². The van der Waals surface area contributed by atoms with Gasteiger partial charge in [0.05, 0.1) is 7.11 Å². The zero-order valence-electron chi connectivity index (χ0n) is 11.9. The smallest absolute Gasteiger partial charge is 0.122 e. The molecular weight excluding hydrogens is 314 g/mol. The number of ether oxygens (including phenoxy) is 1. The summed E-state index contributed by atoms with van der Waals surface area (Å²) in [5.74, 6) is 1.21. The molecule has 0 amide bonds. The fraction of sp³-hybridized carbons (Fsp3) is 0.294. The van der Waals surface area contributed by atoms with E-state index in [1.165, 1.54) is 16.7 Å². The molecule has 0 aliphatic rings. The molecule has 3 heteroatoms. The summed E-state index contributed by atoms with van der Waals surface area (Å²) in [4.78, 5) is 0. The van der Waals surface area contributed by atoms with Crippen molar-refractivity contribution in [1.29, 1.82) is 0 Å². The number of nitrogens with two attached hydrogens (primary N) is 1. The minimum Gasteiger partial charge on any atom is -0.496 e. The van der Waals surface area contributed by atoms with Crippen LogP contribution in [-0.2, 0) is 6.42 Å². The number of rotatable bonds is 5. The number of methoxy groups -OCH3 is 1. The van der Waals surface area contributed by atoms with E-state index in [0.29, 0.717) is 6.54 Å². The molecule has 20 heavy (non-hydrogen) atoms. The lowest BCUT2D eigenvalue weighted by atomic mass is 9.91. The molecule has 0 aliphatic heterocycles. The van der Waals surface area contributed by atoms with Gasteiger partial charge >= 0.3 is 0 Å². The van der Waals surface area contributed by atoms with Gasteiger partial charge in [-0.05, 0) is 43.1 Å². The monoisotopic (exact) mass is 333 g/mol. The highest BCUT2D eigenvalue weighted by Gasteiger charge is 2.15. The van der Waals surface area contributed by atoms with Crippen LogP contribution in [0.2, 0.25) is 0 Å². The topological polar surface area (TPSA) is 35.2 Å². The van der Waals surface area contributed by atoms with E-state index in [0.717, 1.165) is 16.6 Å². The van der Waals surface area contributed by atoms with Crippen molar-refractivity contribution < 1.29 is 4.74 Å². The molecule has 0 saturated carbocycles. The third-order valence-electron chi connectivity index (χ3n) is 3.53. The SMILES string of the molecule is COc1ccc(C)cc1CC(CN)c1ccccc1Br. The largest absolute Gasteiger partial charge is 0.496 e. The van der Waals surface area contributed by atoms with Crippen molar-refractivity contribution >= 4 is 15.9 Å². The third kappa shape index (κ3) is 3.41. The van der Waals surface area contributed by atoms with Crippen molar-refractivity contribution in [2.45, 2.75) is 19.3 Å². The predicted molar refractivity (Wildman–Crippen MR) is 87.4 cm³/mol. The first kappa shape index (κ1) is 15.1. The van der Waals surface area contributed by atoms with E-state index in [1.54, 1.807) is 7.11 Å². The summed E-state index contributed by atoms with van der Waals surface area (Å²) in [6, 6.07) is 14.5. The number of benzene rings is 2. The van der Waals surface area contributed by atoms with Crippen molar-refractivity contribution in [2.75, 3.05) is 13.7 Å². The Morgan fingerprint density at radius 1 is 1.20 bits per heavy atom. The summed E-state index contributed by atoms with van der Waals surface area (Å²) in [5, 5.41) is 0. The van der Waals surface area contributed by atoms with E-state index in [-0.39, 0.29) is 5.92 Å². The van der Waals surface area contributed by atoms with Crippen LogP contribution in [-0.4, -0.2) is 13.7 Å². The first-order valence-electron chi connectivity index (χ1n) is 6.73. The zero-order chi connectivity index (χ0) is 14.5. The molecule has 1 atom stereocenters. The molecule has 2 aromatic carbocycles. The third-order valence-corrected chi connectivity index (χ3v) is 4.25. The van der Waals surface area contributed by atoms with Crippen LogP contribution >= 0.6 is 15.9 Å². The average molecular weight is 334 g/mol. The van der Waals surface area contributed by atoms with Gasteiger partial charge in [-0.1, -0.05) is 51.8 Å². The highest BCUT2D eigenvalue weighted by molar-refractivity contribution is 9.10. The molecular formula is C17H20BrNO. The van der Waals surface area contributed by atoms with Gasteiger partial charge in [-0.3, -0.25) is 0 Å². The molecule has 2 N–H and O–H groups in total. The lowest BCUT2D eigenvalue weighted by Gasteiger charge is -2.19. The minimum absolute atomic E-state index is 0.279. The highest BCUT2D eigenvalue weighted by atomic mass is 79.9. The summed E-state index contributed by atoms with van der Waals surface area (Å²) < 4.78 is 6.57. The van der Waals surface area contributed by atoms with Gasteiger partial charge in [0, 0.05) is 10.4 Å². The molecule has 0 aromatic heterocycles. The second-order valence-corrected chi connectivity index (χ2v) is 5.83. The van der Waals surface area contributed by atoms with Crippen molar-refractivity contribution in [1.82, 2.24) is 0 Å². The zero-order valence-corrected chi connectivity index (χ0v) is 13.5. The number of aryl methyl sites for hydroxylation is 1. The molecule has 0 saturated heterocycles. The maximum Gasteiger partial charge on any atom is 0.122 e. The fourth-order valence-corrected chi connectivity index (χ4v) is 3.07. The lowest BCUT2D eigenvalue weighted by Crippen LogP contribution is -2.16. The molecule has 2 rings (SSSR count). The van der Waals surface area contributed by atoms with Gasteiger partial charge in [0.15, 0.2) is 0 Å². The van der Waals surface area contributed by atoms with Gasteiger partial charge in [-0.25, -0.2) is 0 Å². The molecule has 1 unspecified atom stereocenters. The Bertz CT molecular complexity index is 583. The Morgan fingerprint density at radius 2 is 1.95 bits per heavy atom. The molecule has 0 aliphatic carbocycles. The van der Waals surface area contributed by atoms with E-state index in [9.17, 15) is 0 Å². The minimum atomic E-state index is 0.279. The Morgan fingerprint density at radius 3 is 2.60 bits per heavy atom. The van der Waals surface area contributed by atoms with E-state index in [2.05, 4.69) is 53.2 Å². The van der Waals surface area contributed by atoms with Gasteiger partial charge in [-0.2, -0.15) is 0 Å². The molecule has 0 fully saturated rings. The Balaban J connectivity index is 2.31. The maximum atomic E-state index is 5.99. The molecule has 106 valence electrons. The summed E-state index contributed by atoms with van der Waals surface area (Å²) in [5.41, 5.74) is 9.68. The first-order valence-corrected chi connectivity index (χ1v) is 7.53. The molecule has 2 aromatic rings. The second-order valence-electron chi connectivity index (χ2n) is 4.97. The predicted octanol–water partition coefficient (Wildman–Crippen LogP) is 4.05. The Labute approximate surface area is 129 Å². The van der Waals surface area contributed by atoms with E-state index < -0.39 is 0 Å². The Kier molecular flexibility index (Phi) is 5.21. The van der Waals surface area contributed by atoms with Gasteiger partial charge in [0.25, 0.3) is 0 Å². The van der Waals surface area contributed by atoms with Crippen LogP contribution in [0.3, 0.4) is 0 Å². The van der Waals surface area contributed by atoms with Crippen LogP contribution in [0, 0.1) is 6.92 Å². The molecule has 0 radical (unpaired) electrons. The van der Waals surface area contributed by atoms with Crippen LogP contribution in [0.1, 0.15) is 22.6 Å². The van der Waals surface area contributed by atoms with Crippen molar-refractivity contribution in [3.63, 3.8) is 0 Å². The standard InChI is InChI=1S/C17H20BrNO/c1-12-7-8-17(20-2)13(9-12)10-14(11-19)15-5-3-4-6-16(15)18/h3-9,14H,10-11,19H2,1-2H3. The second kappa shape index (κ2) is 6.91. The number of halogens is 1. The van der Waals surface area contributed by atoms with Gasteiger partial charge in [0.1, 0.15) is 5.75 Å². The normalized spacial score (nSPS) is 12.2. The van der Waals surface area contributed by atoms with Crippen LogP contribution in [0.15, 0.2) is 46.9 Å². The van der Waals surface area contributed by atoms with E-state index in [1.807, 2.05) is 12.1 Å². The molecule has 2 nitrogen and oxygen atoms in total. The number of hydrogen-bond acceptors (Lipinski definition) is 2. The summed E-state index contributed by atoms with van der Waals surface area (Å²) >= 11 is 3.61. The van der Waals surface area contributed by atoms with Crippen LogP contribution in [0.5, 0.6) is 5.75 Å². The van der Waals surface area contributed by atoms with Gasteiger partial charge in [0.2, 0.25) is 0 Å². The van der Waals surface area contributed by atoms with Crippen molar-refractivity contribution in [2.24, 2.45) is 5.73 Å². The first-order chi connectivity index (χ1) is 9.65. The lowest BCUT2D eigenvalue weighted by molar-refractivity contribution is 0.408. The van der Waals surface area contributed by atoms with E-state index >= 15 is 0 Å². The summed E-state index contributed by atoms with van der Waals surface area (Å²) in [6.45, 7) is 2.71. The molecule has 0 bridgehead atoms. The number of hydrogen-bond donors (Lipinski definition) is 1. The van der Waals surface area contributed by atoms with Crippen LogP contribution in [0.4, 0.5) is 0 Å². The van der Waals surface area contributed by atoms with Gasteiger partial charge < -0.3 is 10.5 Å². The van der Waals surface area contributed by atoms with Crippen molar-refractivity contribution in [3.05, 3.63) is 63.6 Å². The van der Waals surface area contributed by atoms with Gasteiger partial charge in [-0.15, -0.1) is 0 Å². The molecule has 0 heterocycles. The average Bonchev–Trinajstić information content (AvgIpc) is 2.46. The summed E-state index contributed by atoms with van der Waals surface area (Å²) in [7, 11) is 1.71. The fourth-order valence-electron chi connectivity index (χ4n) is 2.46. The summed E-state index contributed by atoms with van der Waals surface area (Å²) in [6.07, 6.45) is 0.879. The van der Waals surface area contributed by atoms with Crippen LogP contribution in [0.25, 0.3) is 0 Å². The van der Waals surface area contributed by atoms with Crippen LogP contribution < -0.4 is 10.5 Å². The highest BCUT2D eigenvalue weighted by Crippen LogP contribution is 2.30. The Hall–Kier alpha value is -1.32. The quantitative estimate of drug-likeness (QED) is 0.895. The molecule has 0 spiro atoms. The van der Waals surface area contributed by atoms with Crippen molar-refractivity contribution in [3.8, 4) is 5.75 Å². The maximum absolute atomic E-state index is 5.99.